The fraction of sp³-hybridized carbons (Fsp3) is 0.625. The summed E-state index contributed by atoms with van der Waals surface area (Å²) in [4.78, 5) is 2.33. The van der Waals surface area contributed by atoms with Gasteiger partial charge in [-0.2, -0.15) is 0 Å². The van der Waals surface area contributed by atoms with Crippen LogP contribution in [0.25, 0.3) is 0 Å². The molecule has 1 aromatic rings. The largest absolute Gasteiger partial charge is 1.00 e. The van der Waals surface area contributed by atoms with Crippen molar-refractivity contribution in [3.8, 4) is 5.75 Å². The molecule has 1 atom stereocenters. The first-order valence-corrected chi connectivity index (χ1v) is 7.25. The molecule has 0 amide bonds. The van der Waals surface area contributed by atoms with E-state index in [4.69, 9.17) is 4.74 Å². The van der Waals surface area contributed by atoms with Crippen LogP contribution in [0, 0.1) is 13.8 Å². The van der Waals surface area contributed by atoms with Crippen LogP contribution in [0.5, 0.6) is 5.75 Å². The highest BCUT2D eigenvalue weighted by molar-refractivity contribution is 5.35. The molecule has 0 aliphatic carbocycles. The molecule has 3 nitrogen and oxygen atoms in total. The van der Waals surface area contributed by atoms with Crippen molar-refractivity contribution < 1.29 is 22.3 Å². The van der Waals surface area contributed by atoms with Crippen LogP contribution in [0.15, 0.2) is 18.2 Å². The van der Waals surface area contributed by atoms with Crippen LogP contribution >= 0.6 is 0 Å². The Kier molecular flexibility index (Phi) is 7.35. The van der Waals surface area contributed by atoms with E-state index in [2.05, 4.69) is 24.0 Å². The number of ether oxygens (including phenoxy) is 1. The van der Waals surface area contributed by atoms with E-state index in [0.717, 1.165) is 30.9 Å². The Morgan fingerprint density at radius 1 is 1.20 bits per heavy atom. The lowest BCUT2D eigenvalue weighted by Crippen LogP contribution is -3.00. The summed E-state index contributed by atoms with van der Waals surface area (Å²) in [7, 11) is 0. The van der Waals surface area contributed by atoms with Crippen LogP contribution in [0.3, 0.4) is 0 Å². The number of likely N-dealkylation sites (tertiary alicyclic amines) is 1. The molecule has 4 heteroatoms. The van der Waals surface area contributed by atoms with Crippen molar-refractivity contribution in [3.63, 3.8) is 0 Å². The van der Waals surface area contributed by atoms with Gasteiger partial charge in [0.2, 0.25) is 0 Å². The number of rotatable bonds is 5. The van der Waals surface area contributed by atoms with Crippen LogP contribution in [0.4, 0.5) is 0 Å². The summed E-state index contributed by atoms with van der Waals surface area (Å²) in [6.07, 6.45) is 3.43. The number of hydrogen-bond acceptors (Lipinski definition) is 3. The molecule has 1 aliphatic rings. The number of nitrogens with zero attached hydrogens (tertiary/aromatic N) is 1. The molecule has 0 spiro atoms. The predicted octanol–water partition coefficient (Wildman–Crippen LogP) is -0.467. The van der Waals surface area contributed by atoms with E-state index in [0.29, 0.717) is 6.61 Å². The van der Waals surface area contributed by atoms with Gasteiger partial charge >= 0.3 is 0 Å². The van der Waals surface area contributed by atoms with Gasteiger partial charge < -0.3 is 27.2 Å². The number of piperidine rings is 1. The normalized spacial score (nSPS) is 17.4. The summed E-state index contributed by atoms with van der Waals surface area (Å²) in [5, 5.41) is 10.1. The van der Waals surface area contributed by atoms with Crippen LogP contribution < -0.4 is 17.1 Å². The molecule has 0 aromatic heterocycles. The first kappa shape index (κ1) is 17.3. The highest BCUT2D eigenvalue weighted by Gasteiger charge is 2.15. The second kappa shape index (κ2) is 8.50. The molecule has 1 unspecified atom stereocenters. The summed E-state index contributed by atoms with van der Waals surface area (Å²) in [5.41, 5.74) is 2.31. The van der Waals surface area contributed by atoms with Crippen LogP contribution in [-0.2, 0) is 0 Å². The quantitative estimate of drug-likeness (QED) is 0.798. The standard InChI is InChI=1S/C16H25NO2.ClH/c1-13-6-7-14(2)16(10-13)19-12-15(18)11-17-8-4-3-5-9-17;/h6-7,10,15,18H,3-5,8-9,11-12H2,1-2H3;1H/p-1. The molecule has 1 heterocycles. The Hall–Kier alpha value is -0.770. The minimum atomic E-state index is -0.405. The van der Waals surface area contributed by atoms with Crippen molar-refractivity contribution in [1.29, 1.82) is 0 Å². The van der Waals surface area contributed by atoms with E-state index in [1.807, 2.05) is 13.0 Å². The number of aliphatic hydroxyl groups excluding tert-OH is 1. The first-order valence-electron chi connectivity index (χ1n) is 7.25. The molecule has 20 heavy (non-hydrogen) atoms. The van der Waals surface area contributed by atoms with E-state index in [9.17, 15) is 5.11 Å². The van der Waals surface area contributed by atoms with Crippen molar-refractivity contribution in [2.45, 2.75) is 39.2 Å². The fourth-order valence-corrected chi connectivity index (χ4v) is 2.54. The van der Waals surface area contributed by atoms with Gasteiger partial charge in [-0.1, -0.05) is 18.6 Å². The molecule has 1 aliphatic heterocycles. The van der Waals surface area contributed by atoms with Crippen molar-refractivity contribution >= 4 is 0 Å². The second-order valence-electron chi connectivity index (χ2n) is 5.60. The number of benzene rings is 1. The van der Waals surface area contributed by atoms with Crippen LogP contribution in [0.2, 0.25) is 0 Å². The third-order valence-corrected chi connectivity index (χ3v) is 3.69. The molecule has 0 radical (unpaired) electrons. The highest BCUT2D eigenvalue weighted by Crippen LogP contribution is 2.19. The lowest BCUT2D eigenvalue weighted by atomic mass is 10.1. The van der Waals surface area contributed by atoms with Gasteiger partial charge in [0, 0.05) is 6.54 Å². The maximum Gasteiger partial charge on any atom is 0.122 e. The number of aryl methyl sites for hydroxylation is 2. The maximum absolute atomic E-state index is 10.1. The Labute approximate surface area is 128 Å². The number of hydrogen-bond donors (Lipinski definition) is 1. The second-order valence-corrected chi connectivity index (χ2v) is 5.60. The molecular weight excluding hydrogens is 274 g/mol. The van der Waals surface area contributed by atoms with Crippen LogP contribution in [0.1, 0.15) is 30.4 Å². The molecule has 114 valence electrons. The third kappa shape index (κ3) is 5.31. The van der Waals surface area contributed by atoms with Gasteiger partial charge in [0.15, 0.2) is 0 Å². The average molecular weight is 299 g/mol. The van der Waals surface area contributed by atoms with Crippen molar-refractivity contribution in [2.24, 2.45) is 0 Å². The zero-order valence-corrected chi connectivity index (χ0v) is 13.2. The van der Waals surface area contributed by atoms with E-state index < -0.39 is 6.10 Å². The summed E-state index contributed by atoms with van der Waals surface area (Å²) in [5.74, 6) is 0.887. The van der Waals surface area contributed by atoms with Gasteiger partial charge in [0.25, 0.3) is 0 Å². The molecule has 1 aromatic carbocycles. The van der Waals surface area contributed by atoms with Crippen molar-refractivity contribution in [2.75, 3.05) is 26.2 Å². The monoisotopic (exact) mass is 298 g/mol. The predicted molar refractivity (Wildman–Crippen MR) is 77.7 cm³/mol. The summed E-state index contributed by atoms with van der Waals surface area (Å²) >= 11 is 0. The summed E-state index contributed by atoms with van der Waals surface area (Å²) < 4.78 is 5.74. The zero-order valence-electron chi connectivity index (χ0n) is 12.4. The van der Waals surface area contributed by atoms with Gasteiger partial charge in [0.05, 0.1) is 0 Å². The van der Waals surface area contributed by atoms with Gasteiger partial charge in [-0.15, -0.1) is 0 Å². The van der Waals surface area contributed by atoms with Gasteiger partial charge in [-0.25, -0.2) is 0 Å². The summed E-state index contributed by atoms with van der Waals surface area (Å²) in [6.45, 7) is 7.41. The third-order valence-electron chi connectivity index (χ3n) is 3.69. The number of aliphatic hydroxyl groups is 1. The van der Waals surface area contributed by atoms with E-state index in [1.165, 1.54) is 24.8 Å². The number of β-amino-alcohol motifs (C(OH)–C–C–N with tert-alkyl or cyclic N) is 1. The van der Waals surface area contributed by atoms with E-state index >= 15 is 0 Å². The maximum atomic E-state index is 10.1. The molecule has 0 saturated carbocycles. The van der Waals surface area contributed by atoms with Gasteiger partial charge in [0.1, 0.15) is 18.5 Å². The Morgan fingerprint density at radius 2 is 1.90 bits per heavy atom. The first-order chi connectivity index (χ1) is 9.15. The Bertz CT molecular complexity index is 405. The van der Waals surface area contributed by atoms with Crippen LogP contribution in [-0.4, -0.2) is 42.4 Å². The molecular formula is C16H25ClNO2-. The van der Waals surface area contributed by atoms with Crippen molar-refractivity contribution in [1.82, 2.24) is 4.90 Å². The Morgan fingerprint density at radius 3 is 2.60 bits per heavy atom. The minimum absolute atomic E-state index is 0. The zero-order chi connectivity index (χ0) is 13.7. The van der Waals surface area contributed by atoms with Crippen molar-refractivity contribution in [3.05, 3.63) is 29.3 Å². The molecule has 1 saturated heterocycles. The minimum Gasteiger partial charge on any atom is -1.00 e. The van der Waals surface area contributed by atoms with Gasteiger partial charge in [-0.3, -0.25) is 0 Å². The fourth-order valence-electron chi connectivity index (χ4n) is 2.54. The Balaban J connectivity index is 0.00000200. The van der Waals surface area contributed by atoms with Gasteiger partial charge in [-0.05, 0) is 57.0 Å². The molecule has 1 fully saturated rings. The topological polar surface area (TPSA) is 32.7 Å². The molecule has 2 rings (SSSR count). The SMILES string of the molecule is Cc1ccc(C)c(OCC(O)CN2CCCCC2)c1.[Cl-]. The molecule has 1 N–H and O–H groups in total. The van der Waals surface area contributed by atoms with E-state index in [1.54, 1.807) is 0 Å². The van der Waals surface area contributed by atoms with E-state index in [-0.39, 0.29) is 12.4 Å². The molecule has 0 bridgehead atoms. The average Bonchev–Trinajstić information content (AvgIpc) is 2.41. The highest BCUT2D eigenvalue weighted by atomic mass is 35.5. The smallest absolute Gasteiger partial charge is 0.122 e. The summed E-state index contributed by atoms with van der Waals surface area (Å²) in [6, 6.07) is 6.16. The number of halogens is 1. The lowest BCUT2D eigenvalue weighted by molar-refractivity contribution is -0.00000648. The lowest BCUT2D eigenvalue weighted by Gasteiger charge is -2.28.